The number of aliphatic hydroxyl groups excluding tert-OH is 1. The Morgan fingerprint density at radius 1 is 0.694 bits per heavy atom. The summed E-state index contributed by atoms with van der Waals surface area (Å²) in [6.07, 6.45) is -0.717. The van der Waals surface area contributed by atoms with E-state index in [4.69, 9.17) is 18.9 Å². The van der Waals surface area contributed by atoms with Gasteiger partial charge in [-0.15, -0.1) is 0 Å². The van der Waals surface area contributed by atoms with Crippen LogP contribution in [0.4, 0.5) is 0 Å². The van der Waals surface area contributed by atoms with Gasteiger partial charge >= 0.3 is 0 Å². The molecule has 1 aliphatic carbocycles. The first-order valence-corrected chi connectivity index (χ1v) is 12.0. The van der Waals surface area contributed by atoms with Crippen molar-refractivity contribution in [2.45, 2.75) is 17.4 Å². The van der Waals surface area contributed by atoms with E-state index in [0.29, 0.717) is 23.9 Å². The minimum absolute atomic E-state index is 0.119. The number of hydrogen-bond donors (Lipinski definition) is 1. The monoisotopic (exact) mass is 480 g/mol. The molecule has 0 bridgehead atoms. The van der Waals surface area contributed by atoms with Crippen LogP contribution in [0.15, 0.2) is 84.9 Å². The average molecular weight is 481 g/mol. The highest BCUT2D eigenvalue weighted by molar-refractivity contribution is 5.69. The topological polar surface area (TPSA) is 57.2 Å². The summed E-state index contributed by atoms with van der Waals surface area (Å²) in [5, 5.41) is 11.5. The van der Waals surface area contributed by atoms with Crippen LogP contribution in [0.2, 0.25) is 0 Å². The lowest BCUT2D eigenvalue weighted by molar-refractivity contribution is 0.183. The first-order chi connectivity index (χ1) is 17.6. The molecule has 5 nitrogen and oxygen atoms in total. The summed E-state index contributed by atoms with van der Waals surface area (Å²) in [5.74, 6) is 2.65. The maximum atomic E-state index is 11.5. The quantitative estimate of drug-likeness (QED) is 0.411. The fourth-order valence-electron chi connectivity index (χ4n) is 6.20. The zero-order valence-electron chi connectivity index (χ0n) is 20.5. The molecule has 4 aromatic rings. The highest BCUT2D eigenvalue weighted by Crippen LogP contribution is 2.61. The summed E-state index contributed by atoms with van der Waals surface area (Å²) in [6.45, 7) is 0.418. The van der Waals surface area contributed by atoms with Crippen molar-refractivity contribution in [2.75, 3.05) is 27.9 Å². The van der Waals surface area contributed by atoms with Gasteiger partial charge in [-0.25, -0.2) is 0 Å². The second kappa shape index (κ2) is 8.61. The van der Waals surface area contributed by atoms with Gasteiger partial charge in [0, 0.05) is 11.5 Å². The van der Waals surface area contributed by atoms with Gasteiger partial charge in [0.1, 0.15) is 6.10 Å². The molecule has 182 valence electrons. The number of hydrogen-bond acceptors (Lipinski definition) is 5. The molecule has 1 spiro atoms. The maximum absolute atomic E-state index is 11.5. The Balaban J connectivity index is 1.74. The Labute approximate surface area is 210 Å². The van der Waals surface area contributed by atoms with Gasteiger partial charge in [-0.1, -0.05) is 66.7 Å². The predicted octanol–water partition coefficient (Wildman–Crippen LogP) is 5.62. The minimum Gasteiger partial charge on any atom is -0.493 e. The van der Waals surface area contributed by atoms with Crippen LogP contribution in [0, 0.1) is 0 Å². The van der Waals surface area contributed by atoms with Gasteiger partial charge in [0.25, 0.3) is 0 Å². The largest absolute Gasteiger partial charge is 0.493 e. The summed E-state index contributed by atoms with van der Waals surface area (Å²) in [4.78, 5) is 0. The number of benzene rings is 4. The molecule has 0 fully saturated rings. The molecule has 2 aliphatic rings. The molecule has 1 unspecified atom stereocenters. The van der Waals surface area contributed by atoms with Crippen LogP contribution in [0.25, 0.3) is 0 Å². The van der Waals surface area contributed by atoms with Gasteiger partial charge in [0.2, 0.25) is 0 Å². The van der Waals surface area contributed by atoms with Crippen molar-refractivity contribution in [3.05, 3.63) is 118 Å². The molecule has 0 radical (unpaired) electrons. The molecule has 5 heteroatoms. The molecule has 1 heterocycles. The van der Waals surface area contributed by atoms with E-state index in [2.05, 4.69) is 24.3 Å². The van der Waals surface area contributed by atoms with Crippen LogP contribution >= 0.6 is 0 Å². The molecule has 1 N–H and O–H groups in total. The number of methoxy groups -OCH3 is 3. The Hall–Kier alpha value is -3.96. The molecule has 36 heavy (non-hydrogen) atoms. The van der Waals surface area contributed by atoms with E-state index >= 15 is 0 Å². The fourth-order valence-corrected chi connectivity index (χ4v) is 6.20. The SMILES string of the molecule is COc1ccc(C2COc3c(OC)cccc3C23c2ccccc2C(O)c2ccccc23)cc1OC. The van der Waals surface area contributed by atoms with Crippen molar-refractivity contribution in [1.82, 2.24) is 0 Å². The summed E-state index contributed by atoms with van der Waals surface area (Å²) in [5.41, 5.74) is 5.37. The smallest absolute Gasteiger partial charge is 0.165 e. The van der Waals surface area contributed by atoms with E-state index in [0.717, 1.165) is 39.1 Å². The van der Waals surface area contributed by atoms with E-state index in [9.17, 15) is 5.11 Å². The molecule has 0 amide bonds. The summed E-state index contributed by atoms with van der Waals surface area (Å²) >= 11 is 0. The second-order valence-corrected chi connectivity index (χ2v) is 9.20. The normalized spacial score (nSPS) is 21.6. The Morgan fingerprint density at radius 2 is 1.31 bits per heavy atom. The van der Waals surface area contributed by atoms with Gasteiger partial charge in [-0.3, -0.25) is 0 Å². The first-order valence-electron chi connectivity index (χ1n) is 12.0. The van der Waals surface area contributed by atoms with Gasteiger partial charge in [-0.2, -0.15) is 0 Å². The molecule has 0 aromatic heterocycles. The standard InChI is InChI=1S/C31H28O5/c1-33-26-16-15-19(17-28(26)35-3)25-18-36-30-24(13-8-14-27(30)34-2)31(25)22-11-6-4-9-20(22)29(32)21-10-5-7-12-23(21)31/h4-17,25,29,32H,18H2,1-3H3. The number of aliphatic hydroxyl groups is 1. The predicted molar refractivity (Wildman–Crippen MR) is 138 cm³/mol. The van der Waals surface area contributed by atoms with Gasteiger partial charge in [0.15, 0.2) is 23.0 Å². The van der Waals surface area contributed by atoms with Gasteiger partial charge < -0.3 is 24.1 Å². The van der Waals surface area contributed by atoms with Crippen molar-refractivity contribution < 1.29 is 24.1 Å². The van der Waals surface area contributed by atoms with E-state index in [1.165, 1.54) is 0 Å². The molecular weight excluding hydrogens is 452 g/mol. The Morgan fingerprint density at radius 3 is 1.94 bits per heavy atom. The number of ether oxygens (including phenoxy) is 4. The van der Waals surface area contributed by atoms with E-state index in [1.54, 1.807) is 21.3 Å². The van der Waals surface area contributed by atoms with E-state index in [-0.39, 0.29) is 5.92 Å². The van der Waals surface area contributed by atoms with Crippen LogP contribution in [-0.2, 0) is 5.41 Å². The third-order valence-corrected chi connectivity index (χ3v) is 7.71. The van der Waals surface area contributed by atoms with Crippen molar-refractivity contribution in [3.63, 3.8) is 0 Å². The minimum atomic E-state index is -0.717. The zero-order valence-corrected chi connectivity index (χ0v) is 20.5. The molecule has 6 rings (SSSR count). The number of rotatable bonds is 4. The van der Waals surface area contributed by atoms with Gasteiger partial charge in [-0.05, 0) is 46.0 Å². The Kier molecular flexibility index (Phi) is 5.38. The Bertz CT molecular complexity index is 1400. The lowest BCUT2D eigenvalue weighted by Crippen LogP contribution is -2.46. The van der Waals surface area contributed by atoms with Crippen LogP contribution < -0.4 is 18.9 Å². The molecular formula is C31H28O5. The highest BCUT2D eigenvalue weighted by atomic mass is 16.5. The molecule has 1 aliphatic heterocycles. The van der Waals surface area contributed by atoms with Gasteiger partial charge in [0.05, 0.1) is 33.4 Å². The first kappa shape index (κ1) is 22.5. The maximum Gasteiger partial charge on any atom is 0.165 e. The zero-order chi connectivity index (χ0) is 24.9. The molecule has 1 atom stereocenters. The summed E-state index contributed by atoms with van der Waals surface area (Å²) < 4.78 is 23.4. The summed E-state index contributed by atoms with van der Waals surface area (Å²) in [6, 6.07) is 28.5. The third-order valence-electron chi connectivity index (χ3n) is 7.71. The molecule has 0 saturated carbocycles. The average Bonchev–Trinajstić information content (AvgIpc) is 2.95. The number of fused-ring (bicyclic) bond motifs is 6. The van der Waals surface area contributed by atoms with E-state index in [1.807, 2.05) is 60.7 Å². The van der Waals surface area contributed by atoms with Crippen molar-refractivity contribution >= 4 is 0 Å². The summed E-state index contributed by atoms with van der Waals surface area (Å²) in [7, 11) is 4.95. The van der Waals surface area contributed by atoms with Crippen molar-refractivity contribution in [2.24, 2.45) is 0 Å². The van der Waals surface area contributed by atoms with Crippen LogP contribution in [0.5, 0.6) is 23.0 Å². The van der Waals surface area contributed by atoms with E-state index < -0.39 is 11.5 Å². The molecule has 0 saturated heterocycles. The number of para-hydroxylation sites is 1. The fraction of sp³-hybridized carbons (Fsp3) is 0.226. The lowest BCUT2D eigenvalue weighted by Gasteiger charge is -2.50. The molecule has 4 aromatic carbocycles. The van der Waals surface area contributed by atoms with Crippen molar-refractivity contribution in [1.29, 1.82) is 0 Å². The van der Waals surface area contributed by atoms with Crippen LogP contribution in [0.3, 0.4) is 0 Å². The highest BCUT2D eigenvalue weighted by Gasteiger charge is 2.54. The lowest BCUT2D eigenvalue weighted by atomic mass is 9.54. The van der Waals surface area contributed by atoms with Crippen LogP contribution in [-0.4, -0.2) is 33.0 Å². The van der Waals surface area contributed by atoms with Crippen molar-refractivity contribution in [3.8, 4) is 23.0 Å². The third kappa shape index (κ3) is 2.99. The second-order valence-electron chi connectivity index (χ2n) is 9.20. The van der Waals surface area contributed by atoms with Crippen LogP contribution in [0.1, 0.15) is 45.4 Å².